The lowest BCUT2D eigenvalue weighted by Crippen LogP contribution is -2.14. The fraction of sp³-hybridized carbons (Fsp3) is 0.130. The van der Waals surface area contributed by atoms with Gasteiger partial charge in [0.15, 0.2) is 5.78 Å². The fourth-order valence-electron chi connectivity index (χ4n) is 3.59. The molecule has 6 heteroatoms. The van der Waals surface area contributed by atoms with Crippen LogP contribution >= 0.6 is 0 Å². The van der Waals surface area contributed by atoms with Crippen LogP contribution in [0.2, 0.25) is 0 Å². The van der Waals surface area contributed by atoms with Crippen LogP contribution in [0.1, 0.15) is 38.3 Å². The van der Waals surface area contributed by atoms with E-state index in [1.807, 2.05) is 0 Å². The van der Waals surface area contributed by atoms with Crippen molar-refractivity contribution in [1.29, 1.82) is 0 Å². The molecule has 0 radical (unpaired) electrons. The number of fused-ring (bicyclic) bond motifs is 1. The first-order valence-electron chi connectivity index (χ1n) is 9.08. The first-order chi connectivity index (χ1) is 13.8. The molecule has 0 atom stereocenters. The third-order valence-electron chi connectivity index (χ3n) is 5.00. The molecule has 0 unspecified atom stereocenters. The van der Waals surface area contributed by atoms with Gasteiger partial charge in [0.05, 0.1) is 11.3 Å². The lowest BCUT2D eigenvalue weighted by Gasteiger charge is -2.14. The van der Waals surface area contributed by atoms with E-state index in [0.717, 1.165) is 17.7 Å². The molecule has 1 amide bonds. The predicted octanol–water partition coefficient (Wildman–Crippen LogP) is 5.75. The van der Waals surface area contributed by atoms with Crippen LogP contribution in [0.15, 0.2) is 66.7 Å². The molecule has 0 aromatic heterocycles. The number of Topliss-reactive ketones (excluding diaryl/α,β-unsaturated/α-hetero) is 1. The SMILES string of the molecule is O=C(Nc1ccc(-c2ccc(C(F)(F)F)cc2)c2c1C(=O)CC2)c1ccccc1. The van der Waals surface area contributed by atoms with Crippen molar-refractivity contribution in [1.82, 2.24) is 0 Å². The summed E-state index contributed by atoms with van der Waals surface area (Å²) >= 11 is 0. The highest BCUT2D eigenvalue weighted by Gasteiger charge is 2.31. The summed E-state index contributed by atoms with van der Waals surface area (Å²) in [6.45, 7) is 0. The molecule has 0 saturated carbocycles. The van der Waals surface area contributed by atoms with E-state index < -0.39 is 11.7 Å². The Bertz CT molecular complexity index is 1090. The van der Waals surface area contributed by atoms with Crippen molar-refractivity contribution in [2.75, 3.05) is 5.32 Å². The molecule has 3 aromatic carbocycles. The normalized spacial score (nSPS) is 13.3. The molecule has 0 saturated heterocycles. The molecule has 0 aliphatic heterocycles. The number of amides is 1. The highest BCUT2D eigenvalue weighted by molar-refractivity contribution is 6.12. The van der Waals surface area contributed by atoms with Crippen LogP contribution < -0.4 is 5.32 Å². The summed E-state index contributed by atoms with van der Waals surface area (Å²) in [4.78, 5) is 25.0. The largest absolute Gasteiger partial charge is 0.416 e. The Hall–Kier alpha value is -3.41. The molecule has 0 heterocycles. The molecule has 1 N–H and O–H groups in total. The molecule has 1 aliphatic rings. The van der Waals surface area contributed by atoms with E-state index in [1.54, 1.807) is 42.5 Å². The number of alkyl halides is 3. The molecular formula is C23H16F3NO2. The van der Waals surface area contributed by atoms with Crippen molar-refractivity contribution >= 4 is 17.4 Å². The van der Waals surface area contributed by atoms with E-state index in [9.17, 15) is 22.8 Å². The summed E-state index contributed by atoms with van der Waals surface area (Å²) in [6.07, 6.45) is -3.61. The maximum Gasteiger partial charge on any atom is 0.416 e. The van der Waals surface area contributed by atoms with Gasteiger partial charge in [-0.25, -0.2) is 0 Å². The van der Waals surface area contributed by atoms with Crippen LogP contribution in [0.5, 0.6) is 0 Å². The van der Waals surface area contributed by atoms with Crippen molar-refractivity contribution in [3.05, 3.63) is 89.0 Å². The van der Waals surface area contributed by atoms with Crippen molar-refractivity contribution in [3.8, 4) is 11.1 Å². The van der Waals surface area contributed by atoms with Gasteiger partial charge in [-0.3, -0.25) is 9.59 Å². The van der Waals surface area contributed by atoms with Gasteiger partial charge in [0, 0.05) is 17.5 Å². The van der Waals surface area contributed by atoms with E-state index in [-0.39, 0.29) is 11.7 Å². The Balaban J connectivity index is 1.70. The number of carbonyl (C=O) groups excluding carboxylic acids is 2. The standard InChI is InChI=1S/C23H16F3NO2/c24-23(25,26)16-8-6-14(7-9-16)17-10-12-19(21-18(17)11-13-20(21)28)27-22(29)15-4-2-1-3-5-15/h1-10,12H,11,13H2,(H,27,29). The van der Waals surface area contributed by atoms with Crippen LogP contribution in [0, 0.1) is 0 Å². The van der Waals surface area contributed by atoms with Crippen LogP contribution in [0.25, 0.3) is 11.1 Å². The van der Waals surface area contributed by atoms with Gasteiger partial charge in [-0.1, -0.05) is 36.4 Å². The summed E-state index contributed by atoms with van der Waals surface area (Å²) in [6, 6.07) is 16.9. The number of benzene rings is 3. The second kappa shape index (κ2) is 7.20. The van der Waals surface area contributed by atoms with Crippen LogP contribution in [0.3, 0.4) is 0 Å². The quantitative estimate of drug-likeness (QED) is 0.613. The summed E-state index contributed by atoms with van der Waals surface area (Å²) in [5.74, 6) is -0.410. The maximum atomic E-state index is 12.8. The average Bonchev–Trinajstić information content (AvgIpc) is 3.10. The van der Waals surface area contributed by atoms with E-state index in [1.165, 1.54) is 12.1 Å². The molecule has 3 aromatic rings. The number of hydrogen-bond acceptors (Lipinski definition) is 2. The monoisotopic (exact) mass is 395 g/mol. The highest BCUT2D eigenvalue weighted by Crippen LogP contribution is 2.38. The van der Waals surface area contributed by atoms with Gasteiger partial charge >= 0.3 is 6.18 Å². The summed E-state index contributed by atoms with van der Waals surface area (Å²) in [7, 11) is 0. The number of nitrogens with one attached hydrogen (secondary N) is 1. The van der Waals surface area contributed by atoms with Crippen molar-refractivity contribution < 1.29 is 22.8 Å². The Morgan fingerprint density at radius 1 is 0.862 bits per heavy atom. The number of hydrogen-bond donors (Lipinski definition) is 1. The molecule has 0 fully saturated rings. The first kappa shape index (κ1) is 18.9. The zero-order valence-electron chi connectivity index (χ0n) is 15.2. The Morgan fingerprint density at radius 3 is 2.21 bits per heavy atom. The fourth-order valence-corrected chi connectivity index (χ4v) is 3.59. The molecular weight excluding hydrogens is 379 g/mol. The van der Waals surface area contributed by atoms with Crippen LogP contribution in [0.4, 0.5) is 18.9 Å². The topological polar surface area (TPSA) is 46.2 Å². The number of halogens is 3. The lowest BCUT2D eigenvalue weighted by molar-refractivity contribution is -0.137. The van der Waals surface area contributed by atoms with Gasteiger partial charge in [0.2, 0.25) is 0 Å². The molecule has 3 nitrogen and oxygen atoms in total. The molecule has 4 rings (SSSR count). The molecule has 146 valence electrons. The zero-order valence-corrected chi connectivity index (χ0v) is 15.2. The zero-order chi connectivity index (χ0) is 20.6. The minimum absolute atomic E-state index is 0.0860. The van der Waals surface area contributed by atoms with Gasteiger partial charge in [0.25, 0.3) is 5.91 Å². The second-order valence-corrected chi connectivity index (χ2v) is 6.83. The Morgan fingerprint density at radius 2 is 1.55 bits per heavy atom. The van der Waals surface area contributed by atoms with Crippen molar-refractivity contribution in [3.63, 3.8) is 0 Å². The van der Waals surface area contributed by atoms with Crippen LogP contribution in [-0.2, 0) is 12.6 Å². The lowest BCUT2D eigenvalue weighted by atomic mass is 9.94. The second-order valence-electron chi connectivity index (χ2n) is 6.83. The number of ketones is 1. The molecule has 29 heavy (non-hydrogen) atoms. The van der Waals surface area contributed by atoms with Gasteiger partial charge in [-0.15, -0.1) is 0 Å². The van der Waals surface area contributed by atoms with E-state index in [0.29, 0.717) is 40.8 Å². The minimum atomic E-state index is -4.40. The molecule has 0 bridgehead atoms. The Labute approximate surface area is 165 Å². The van der Waals surface area contributed by atoms with E-state index in [4.69, 9.17) is 0 Å². The van der Waals surface area contributed by atoms with Crippen molar-refractivity contribution in [2.45, 2.75) is 19.0 Å². The number of carbonyl (C=O) groups is 2. The highest BCUT2D eigenvalue weighted by atomic mass is 19.4. The summed E-state index contributed by atoms with van der Waals surface area (Å²) in [5, 5.41) is 2.79. The number of rotatable bonds is 3. The minimum Gasteiger partial charge on any atom is -0.321 e. The van der Waals surface area contributed by atoms with E-state index >= 15 is 0 Å². The molecule has 0 spiro atoms. The van der Waals surface area contributed by atoms with Gasteiger partial charge in [-0.05, 0) is 53.4 Å². The third kappa shape index (κ3) is 3.66. The third-order valence-corrected chi connectivity index (χ3v) is 5.00. The van der Waals surface area contributed by atoms with Gasteiger partial charge in [0.1, 0.15) is 0 Å². The van der Waals surface area contributed by atoms with Crippen LogP contribution in [-0.4, -0.2) is 11.7 Å². The summed E-state index contributed by atoms with van der Waals surface area (Å²) in [5.41, 5.74) is 2.67. The van der Waals surface area contributed by atoms with Gasteiger partial charge in [-0.2, -0.15) is 13.2 Å². The smallest absolute Gasteiger partial charge is 0.321 e. The number of anilines is 1. The van der Waals surface area contributed by atoms with Gasteiger partial charge < -0.3 is 5.32 Å². The maximum absolute atomic E-state index is 12.8. The first-order valence-corrected chi connectivity index (χ1v) is 9.08. The average molecular weight is 395 g/mol. The van der Waals surface area contributed by atoms with Crippen molar-refractivity contribution in [2.24, 2.45) is 0 Å². The predicted molar refractivity (Wildman–Crippen MR) is 104 cm³/mol. The Kier molecular flexibility index (Phi) is 4.70. The summed E-state index contributed by atoms with van der Waals surface area (Å²) < 4.78 is 38.5. The molecule has 1 aliphatic carbocycles. The van der Waals surface area contributed by atoms with E-state index in [2.05, 4.69) is 5.32 Å².